The molecule has 0 atom stereocenters. The van der Waals surface area contributed by atoms with Crippen molar-refractivity contribution in [2.75, 3.05) is 38.1 Å². The van der Waals surface area contributed by atoms with E-state index in [4.69, 9.17) is 24.4 Å². The number of rotatable bonds is 7. The largest absolute Gasteiger partial charge is 0.412 e. The summed E-state index contributed by atoms with van der Waals surface area (Å²) in [5.41, 5.74) is 0. The summed E-state index contributed by atoms with van der Waals surface area (Å²) in [7, 11) is 0. The maximum Gasteiger partial charge on any atom is 0.0305 e. The average Bonchev–Trinajstić information content (AvgIpc) is 2.54. The molecule has 0 aromatic rings. The summed E-state index contributed by atoms with van der Waals surface area (Å²) < 4.78 is 6.91. The van der Waals surface area contributed by atoms with Gasteiger partial charge in [0.15, 0.2) is 0 Å². The molecule has 26 heavy (non-hydrogen) atoms. The number of nitrogens with zero attached hydrogens (tertiary/aromatic N) is 2. The number of hydrogen-bond acceptors (Lipinski definition) is 10. The molecule has 4 nitrogen and oxygen atoms in total. The molecule has 0 aliphatic heterocycles. The van der Waals surface area contributed by atoms with Gasteiger partial charge >= 0.3 is 148 Å². The van der Waals surface area contributed by atoms with Gasteiger partial charge in [0.25, 0.3) is 0 Å². The molecule has 0 amide bonds. The Labute approximate surface area is 227 Å². The second-order valence-corrected chi connectivity index (χ2v) is 14.9. The van der Waals surface area contributed by atoms with Gasteiger partial charge in [0.1, 0.15) is 0 Å². The van der Waals surface area contributed by atoms with Crippen LogP contribution in [0.15, 0.2) is 0 Å². The van der Waals surface area contributed by atoms with Crippen LogP contribution in [0, 0.1) is 0 Å². The van der Waals surface area contributed by atoms with Crippen LogP contribution in [0.2, 0.25) is 0 Å². The zero-order valence-electron chi connectivity index (χ0n) is 14.8. The van der Waals surface area contributed by atoms with Crippen molar-refractivity contribution >= 4 is 138 Å². The van der Waals surface area contributed by atoms with E-state index in [0.29, 0.717) is 21.7 Å². The minimum absolute atomic E-state index is 0.372. The standard InChI is InChI=1S/C4H8N2S4.2C3H6NS3.2Zn/c7-3(8)5-1-2-6-4(9)10;2*1-6-4(3-5)7-2;;/h1-2H2,(H2,5,7,8)(H2,6,9,10);2*1-2H3;;/q;;;2*+1/p-2. The van der Waals surface area contributed by atoms with E-state index in [1.54, 1.807) is 47.8 Å². The Morgan fingerprint density at radius 2 is 0.962 bits per heavy atom. The first-order chi connectivity index (χ1) is 12.1. The Kier molecular flexibility index (Phi) is 30.6. The summed E-state index contributed by atoms with van der Waals surface area (Å²) in [4.78, 5) is 0. The van der Waals surface area contributed by atoms with Crippen molar-refractivity contribution in [2.45, 2.75) is 0 Å². The maximum absolute atomic E-state index is 4.96. The molecule has 2 N–H and O–H groups in total. The predicted molar refractivity (Wildman–Crippen MR) is 139 cm³/mol. The average molecular weight is 646 g/mol. The Hall–Kier alpha value is 2.65. The van der Waals surface area contributed by atoms with E-state index in [1.807, 2.05) is 32.4 Å². The number of thiocarbonyl (C=S) groups is 4. The fourth-order valence-corrected chi connectivity index (χ4v) is 7.45. The van der Waals surface area contributed by atoms with Crippen molar-refractivity contribution in [3.8, 4) is 0 Å². The topological polar surface area (TPSA) is 30.5 Å². The normalized spacial score (nSPS) is 8.77. The van der Waals surface area contributed by atoms with Gasteiger partial charge in [-0.05, 0) is 0 Å². The van der Waals surface area contributed by atoms with Crippen LogP contribution in [0.4, 0.5) is 0 Å². The van der Waals surface area contributed by atoms with Gasteiger partial charge in [-0.2, -0.15) is 0 Å². The predicted octanol–water partition coefficient (Wildman–Crippen LogP) is 3.18. The van der Waals surface area contributed by atoms with E-state index >= 15 is 0 Å². The monoisotopic (exact) mass is 642 g/mol. The van der Waals surface area contributed by atoms with Gasteiger partial charge in [0.05, 0.1) is 0 Å². The molecule has 0 heterocycles. The summed E-state index contributed by atoms with van der Waals surface area (Å²) in [5, 5.41) is 5.56. The molecule has 0 spiro atoms. The molecule has 0 bridgehead atoms. The summed E-state index contributed by atoms with van der Waals surface area (Å²) >= 11 is 37.1. The summed E-state index contributed by atoms with van der Waals surface area (Å²) in [6.45, 7) is 1.33. The van der Waals surface area contributed by atoms with Gasteiger partial charge in [0, 0.05) is 13.1 Å². The Morgan fingerprint density at radius 1 is 0.731 bits per heavy atom. The van der Waals surface area contributed by atoms with Crippen LogP contribution in [-0.2, 0) is 61.9 Å². The van der Waals surface area contributed by atoms with E-state index in [0.717, 1.165) is 43.8 Å². The molecule has 0 aromatic heterocycles. The molecule has 0 saturated carbocycles. The molecule has 0 aliphatic carbocycles. The molecule has 0 rings (SSSR count). The van der Waals surface area contributed by atoms with Gasteiger partial charge in [-0.15, -0.1) is 0 Å². The van der Waals surface area contributed by atoms with Crippen LogP contribution in [-0.4, -0.2) is 61.3 Å². The van der Waals surface area contributed by atoms with Crippen LogP contribution in [0.5, 0.6) is 0 Å². The molecule has 0 radical (unpaired) electrons. The fraction of sp³-hybridized carbons (Fsp3) is 0.600. The van der Waals surface area contributed by atoms with E-state index in [-0.39, 0.29) is 0 Å². The first kappa shape index (κ1) is 33.3. The van der Waals surface area contributed by atoms with E-state index < -0.39 is 0 Å². The fourth-order valence-electron chi connectivity index (χ4n) is 0.885. The Balaban J connectivity index is -0.000000308. The number of nitrogens with one attached hydrogen (secondary N) is 2. The summed E-state index contributed by atoms with van der Waals surface area (Å²) in [6, 6.07) is 0. The minimum Gasteiger partial charge on any atom is -0.412 e. The van der Waals surface area contributed by atoms with Crippen LogP contribution in [0.25, 0.3) is 0 Å². The van der Waals surface area contributed by atoms with Crippen molar-refractivity contribution in [1.29, 1.82) is 0 Å². The molecule has 16 heteroatoms. The van der Waals surface area contributed by atoms with E-state index in [9.17, 15) is 0 Å². The first-order valence-corrected chi connectivity index (χ1v) is 16.6. The quantitative estimate of drug-likeness (QED) is 0.140. The van der Waals surface area contributed by atoms with E-state index in [2.05, 4.69) is 60.3 Å². The number of hydrogen-bond donors (Lipinski definition) is 2. The smallest absolute Gasteiger partial charge is 0.0305 e. The molecular formula is C10H18N4S10Zn2. The summed E-state index contributed by atoms with van der Waals surface area (Å²) in [5.74, 6) is 0. The van der Waals surface area contributed by atoms with Crippen molar-refractivity contribution in [1.82, 2.24) is 18.1 Å². The van der Waals surface area contributed by atoms with E-state index in [1.165, 1.54) is 0 Å². The van der Waals surface area contributed by atoms with Crippen molar-refractivity contribution < 1.29 is 36.6 Å². The molecule has 142 valence electrons. The Bertz CT molecular complexity index is 383. The second kappa shape index (κ2) is 23.9. The van der Waals surface area contributed by atoms with Crippen LogP contribution in [0.1, 0.15) is 0 Å². The third-order valence-corrected chi connectivity index (χ3v) is 10.4. The Morgan fingerprint density at radius 3 is 1.04 bits per heavy atom. The van der Waals surface area contributed by atoms with Crippen molar-refractivity contribution in [2.24, 2.45) is 0 Å². The molecule has 0 aliphatic rings. The minimum atomic E-state index is 0.372. The third-order valence-electron chi connectivity index (χ3n) is 1.73. The SMILES string of the molecule is CSN(SC)[C](=S)[Zn+].CSN(SC)[C](=S)[Zn+].S=C([S-])NCCNC(=S)[S-]. The van der Waals surface area contributed by atoms with Gasteiger partial charge < -0.3 is 60.3 Å². The first-order valence-electron chi connectivity index (χ1n) is 6.45. The van der Waals surface area contributed by atoms with Crippen LogP contribution >= 0.6 is 96.7 Å². The molecule has 0 unspecified atom stereocenters. The molecular weight excluding hydrogens is 628 g/mol. The van der Waals surface area contributed by atoms with Crippen LogP contribution in [0.3, 0.4) is 0 Å². The molecule has 0 aromatic carbocycles. The van der Waals surface area contributed by atoms with Crippen molar-refractivity contribution in [3.05, 3.63) is 0 Å². The van der Waals surface area contributed by atoms with Gasteiger partial charge in [-0.3, -0.25) is 0 Å². The zero-order chi connectivity index (χ0) is 21.1. The van der Waals surface area contributed by atoms with Crippen molar-refractivity contribution in [3.63, 3.8) is 0 Å². The summed E-state index contributed by atoms with van der Waals surface area (Å²) in [6.07, 6.45) is 8.10. The zero-order valence-corrected chi connectivity index (χ0v) is 28.9. The second-order valence-electron chi connectivity index (χ2n) is 3.46. The molecule has 0 saturated heterocycles. The third kappa shape index (κ3) is 26.6. The van der Waals surface area contributed by atoms with Gasteiger partial charge in [-0.1, -0.05) is 8.64 Å². The van der Waals surface area contributed by atoms with Crippen LogP contribution < -0.4 is 10.6 Å². The van der Waals surface area contributed by atoms with Gasteiger partial charge in [0.2, 0.25) is 0 Å². The maximum atomic E-state index is 4.96. The van der Waals surface area contributed by atoms with Gasteiger partial charge in [-0.25, -0.2) is 0 Å². The molecule has 0 fully saturated rings.